The highest BCUT2D eigenvalue weighted by Gasteiger charge is 2.43. The van der Waals surface area contributed by atoms with Crippen molar-refractivity contribution < 1.29 is 29.0 Å². The van der Waals surface area contributed by atoms with Gasteiger partial charge in [-0.15, -0.1) is 0 Å². The average molecular weight is 373 g/mol. The fourth-order valence-corrected chi connectivity index (χ4v) is 2.66. The van der Waals surface area contributed by atoms with Crippen molar-refractivity contribution in [1.29, 1.82) is 0 Å². The third-order valence-electron chi connectivity index (χ3n) is 3.63. The topological polar surface area (TPSA) is 122 Å². The van der Waals surface area contributed by atoms with E-state index in [1.165, 1.54) is 4.90 Å². The summed E-state index contributed by atoms with van der Waals surface area (Å²) in [5, 5.41) is 9.61. The van der Waals surface area contributed by atoms with Gasteiger partial charge in [0.15, 0.2) is 0 Å². The van der Waals surface area contributed by atoms with Crippen molar-refractivity contribution in [3.63, 3.8) is 0 Å². The first-order valence-corrected chi connectivity index (χ1v) is 8.64. The van der Waals surface area contributed by atoms with Gasteiger partial charge in [-0.2, -0.15) is 0 Å². The van der Waals surface area contributed by atoms with E-state index in [1.807, 2.05) is 0 Å². The molecule has 1 fully saturated rings. The van der Waals surface area contributed by atoms with Crippen molar-refractivity contribution in [3.8, 4) is 0 Å². The Morgan fingerprint density at radius 2 is 1.65 bits per heavy atom. The van der Waals surface area contributed by atoms with Gasteiger partial charge in [-0.3, -0.25) is 4.79 Å². The molecule has 0 spiro atoms. The lowest BCUT2D eigenvalue weighted by Crippen LogP contribution is -2.50. The number of ether oxygens (including phenoxy) is 2. The summed E-state index contributed by atoms with van der Waals surface area (Å²) in [5.41, 5.74) is 3.94. The van der Waals surface area contributed by atoms with Crippen LogP contribution in [0.5, 0.6) is 0 Å². The van der Waals surface area contributed by atoms with Gasteiger partial charge < -0.3 is 25.2 Å². The number of amides is 3. The van der Waals surface area contributed by atoms with Gasteiger partial charge >= 0.3 is 12.2 Å². The molecule has 9 heteroatoms. The molecule has 2 atom stereocenters. The lowest BCUT2D eigenvalue weighted by Gasteiger charge is -2.30. The van der Waals surface area contributed by atoms with Crippen LogP contribution in [0.15, 0.2) is 0 Å². The molecule has 3 amide bonds. The van der Waals surface area contributed by atoms with E-state index in [2.05, 4.69) is 0 Å². The SMILES string of the molecule is CC(C)(C)OC(=O)N1C[C@H](N(C(=O)CN)C(=O)OC(C)(C)C)C[C@H]1CO. The molecule has 1 saturated heterocycles. The smallest absolute Gasteiger partial charge is 0.417 e. The zero-order chi connectivity index (χ0) is 20.3. The maximum absolute atomic E-state index is 12.5. The van der Waals surface area contributed by atoms with Crippen LogP contribution in [-0.2, 0) is 14.3 Å². The van der Waals surface area contributed by atoms with Gasteiger partial charge in [0.2, 0.25) is 5.91 Å². The van der Waals surface area contributed by atoms with Gasteiger partial charge in [0, 0.05) is 6.54 Å². The Morgan fingerprint density at radius 3 is 2.08 bits per heavy atom. The third kappa shape index (κ3) is 6.14. The van der Waals surface area contributed by atoms with Crippen molar-refractivity contribution in [3.05, 3.63) is 0 Å². The van der Waals surface area contributed by atoms with Gasteiger partial charge in [-0.25, -0.2) is 14.5 Å². The Morgan fingerprint density at radius 1 is 1.12 bits per heavy atom. The predicted molar refractivity (Wildman–Crippen MR) is 94.4 cm³/mol. The molecule has 150 valence electrons. The molecule has 0 saturated carbocycles. The second kappa shape index (κ2) is 8.22. The van der Waals surface area contributed by atoms with E-state index < -0.39 is 41.4 Å². The van der Waals surface area contributed by atoms with Gasteiger partial charge in [-0.05, 0) is 48.0 Å². The number of hydrogen-bond acceptors (Lipinski definition) is 7. The number of aliphatic hydroxyl groups is 1. The van der Waals surface area contributed by atoms with Gasteiger partial charge in [0.1, 0.15) is 11.2 Å². The minimum absolute atomic E-state index is 0.0467. The molecule has 0 aromatic heterocycles. The number of carbonyl (C=O) groups is 3. The Balaban J connectivity index is 3.01. The summed E-state index contributed by atoms with van der Waals surface area (Å²) in [7, 11) is 0. The second-order valence-electron chi connectivity index (χ2n) is 8.31. The lowest BCUT2D eigenvalue weighted by atomic mass is 10.1. The fraction of sp³-hybridized carbons (Fsp3) is 0.824. The third-order valence-corrected chi connectivity index (χ3v) is 3.63. The van der Waals surface area contributed by atoms with Crippen molar-refractivity contribution in [2.75, 3.05) is 19.7 Å². The molecule has 0 aromatic carbocycles. The van der Waals surface area contributed by atoms with E-state index in [0.717, 1.165) is 4.90 Å². The highest BCUT2D eigenvalue weighted by atomic mass is 16.6. The number of nitrogens with two attached hydrogens (primary N) is 1. The Bertz CT molecular complexity index is 538. The minimum atomic E-state index is -0.819. The zero-order valence-electron chi connectivity index (χ0n) is 16.4. The van der Waals surface area contributed by atoms with Gasteiger partial charge in [-0.1, -0.05) is 0 Å². The Hall–Kier alpha value is -1.87. The molecule has 1 aliphatic rings. The molecule has 0 aliphatic carbocycles. The number of aliphatic hydroxyl groups excluding tert-OH is 1. The van der Waals surface area contributed by atoms with Crippen LogP contribution in [0.25, 0.3) is 0 Å². The largest absolute Gasteiger partial charge is 0.444 e. The van der Waals surface area contributed by atoms with Gasteiger partial charge in [0.25, 0.3) is 0 Å². The fourth-order valence-electron chi connectivity index (χ4n) is 2.66. The molecule has 1 heterocycles. The summed E-state index contributed by atoms with van der Waals surface area (Å²) in [4.78, 5) is 39.4. The summed E-state index contributed by atoms with van der Waals surface area (Å²) < 4.78 is 10.6. The quantitative estimate of drug-likeness (QED) is 0.759. The first-order valence-electron chi connectivity index (χ1n) is 8.64. The first kappa shape index (κ1) is 22.2. The van der Waals surface area contributed by atoms with E-state index in [-0.39, 0.29) is 26.1 Å². The van der Waals surface area contributed by atoms with Crippen molar-refractivity contribution in [1.82, 2.24) is 9.80 Å². The van der Waals surface area contributed by atoms with Crippen molar-refractivity contribution >= 4 is 18.1 Å². The number of carbonyl (C=O) groups excluding carboxylic acids is 3. The van der Waals surface area contributed by atoms with Crippen LogP contribution >= 0.6 is 0 Å². The maximum atomic E-state index is 12.5. The molecule has 0 bridgehead atoms. The highest BCUT2D eigenvalue weighted by molar-refractivity contribution is 5.93. The van der Waals surface area contributed by atoms with Crippen LogP contribution in [0.3, 0.4) is 0 Å². The van der Waals surface area contributed by atoms with Crippen LogP contribution in [0.4, 0.5) is 9.59 Å². The average Bonchev–Trinajstić information content (AvgIpc) is 2.87. The van der Waals surface area contributed by atoms with E-state index in [9.17, 15) is 19.5 Å². The molecule has 26 heavy (non-hydrogen) atoms. The van der Waals surface area contributed by atoms with Crippen LogP contribution in [0, 0.1) is 0 Å². The highest BCUT2D eigenvalue weighted by Crippen LogP contribution is 2.26. The van der Waals surface area contributed by atoms with Crippen LogP contribution in [-0.4, -0.2) is 76.0 Å². The second-order valence-corrected chi connectivity index (χ2v) is 8.31. The molecule has 0 unspecified atom stereocenters. The zero-order valence-corrected chi connectivity index (χ0v) is 16.4. The number of rotatable bonds is 3. The van der Waals surface area contributed by atoms with Crippen molar-refractivity contribution in [2.24, 2.45) is 5.73 Å². The van der Waals surface area contributed by atoms with E-state index in [1.54, 1.807) is 41.5 Å². The molecule has 9 nitrogen and oxygen atoms in total. The maximum Gasteiger partial charge on any atom is 0.417 e. The monoisotopic (exact) mass is 373 g/mol. The molecular weight excluding hydrogens is 342 g/mol. The normalized spacial score (nSPS) is 20.7. The standard InChI is InChI=1S/C17H31N3O6/c1-16(2,3)25-14(23)19-9-11(7-12(19)10-21)20(13(22)8-18)15(24)26-17(4,5)6/h11-12,21H,7-10,18H2,1-6H3/t11-,12+/m1/s1. The summed E-state index contributed by atoms with van der Waals surface area (Å²) >= 11 is 0. The summed E-state index contributed by atoms with van der Waals surface area (Å²) in [5.74, 6) is -0.605. The minimum Gasteiger partial charge on any atom is -0.444 e. The molecule has 3 N–H and O–H groups in total. The summed E-state index contributed by atoms with van der Waals surface area (Å²) in [6.07, 6.45) is -1.20. The predicted octanol–water partition coefficient (Wildman–Crippen LogP) is 1.08. The van der Waals surface area contributed by atoms with E-state index in [4.69, 9.17) is 15.2 Å². The molecular formula is C17H31N3O6. The number of imide groups is 1. The lowest BCUT2D eigenvalue weighted by molar-refractivity contribution is -0.130. The number of hydrogen-bond donors (Lipinski definition) is 2. The van der Waals surface area contributed by atoms with Gasteiger partial charge in [0.05, 0.1) is 25.2 Å². The van der Waals surface area contributed by atoms with E-state index in [0.29, 0.717) is 0 Å². The summed E-state index contributed by atoms with van der Waals surface area (Å²) in [6.45, 7) is 9.63. The van der Waals surface area contributed by atoms with Crippen LogP contribution in [0.1, 0.15) is 48.0 Å². The molecule has 0 radical (unpaired) electrons. The molecule has 1 aliphatic heterocycles. The molecule has 0 aromatic rings. The Kier molecular flexibility index (Phi) is 7.01. The van der Waals surface area contributed by atoms with E-state index >= 15 is 0 Å². The summed E-state index contributed by atoms with van der Waals surface area (Å²) in [6, 6.07) is -1.21. The first-order chi connectivity index (χ1) is 11.8. The van der Waals surface area contributed by atoms with Crippen LogP contribution < -0.4 is 5.73 Å². The van der Waals surface area contributed by atoms with Crippen molar-refractivity contribution in [2.45, 2.75) is 71.2 Å². The van der Waals surface area contributed by atoms with Crippen LogP contribution in [0.2, 0.25) is 0 Å². The number of likely N-dealkylation sites (tertiary alicyclic amines) is 1. The number of nitrogens with zero attached hydrogens (tertiary/aromatic N) is 2. The Labute approximate surface area is 154 Å². The molecule has 1 rings (SSSR count).